The van der Waals surface area contributed by atoms with Crippen molar-refractivity contribution >= 4 is 23.1 Å². The van der Waals surface area contributed by atoms with Crippen LogP contribution in [0.3, 0.4) is 0 Å². The molecule has 0 spiro atoms. The molecule has 0 radical (unpaired) electrons. The van der Waals surface area contributed by atoms with E-state index in [-0.39, 0.29) is 11.6 Å². The van der Waals surface area contributed by atoms with Crippen molar-refractivity contribution in [3.05, 3.63) is 78.0 Å². The molecule has 0 unspecified atom stereocenters. The fourth-order valence-corrected chi connectivity index (χ4v) is 2.59. The van der Waals surface area contributed by atoms with Gasteiger partial charge in [-0.3, -0.25) is 4.79 Å². The number of carbonyl (C=O) groups excluding carboxylic acids is 1. The molecule has 0 aliphatic heterocycles. The van der Waals surface area contributed by atoms with Gasteiger partial charge in [0.1, 0.15) is 0 Å². The highest BCUT2D eigenvalue weighted by Gasteiger charge is 2.12. The van der Waals surface area contributed by atoms with E-state index in [2.05, 4.69) is 15.5 Å². The largest absolute Gasteiger partial charge is 0.325 e. The average Bonchev–Trinajstić information content (AvgIpc) is 2.64. The van der Waals surface area contributed by atoms with Crippen molar-refractivity contribution in [2.45, 2.75) is 13.8 Å². The minimum Gasteiger partial charge on any atom is -0.325 e. The van der Waals surface area contributed by atoms with Crippen molar-refractivity contribution < 1.29 is 4.79 Å². The van der Waals surface area contributed by atoms with Crippen LogP contribution in [0, 0.1) is 6.92 Å². The lowest BCUT2D eigenvalue weighted by Gasteiger charge is -2.21. The molecule has 126 valence electrons. The number of anilines is 3. The zero-order chi connectivity index (χ0) is 17.6. The van der Waals surface area contributed by atoms with Gasteiger partial charge in [-0.1, -0.05) is 30.3 Å². The molecule has 1 aromatic heterocycles. The van der Waals surface area contributed by atoms with Gasteiger partial charge in [0.2, 0.25) is 0 Å². The molecule has 0 aliphatic carbocycles. The molecule has 1 heterocycles. The second kappa shape index (κ2) is 7.57. The lowest BCUT2D eigenvalue weighted by Crippen LogP contribution is -2.19. The Morgan fingerprint density at radius 2 is 1.80 bits per heavy atom. The Morgan fingerprint density at radius 1 is 1.00 bits per heavy atom. The summed E-state index contributed by atoms with van der Waals surface area (Å²) in [7, 11) is 0. The summed E-state index contributed by atoms with van der Waals surface area (Å²) in [6, 6.07) is 21.1. The highest BCUT2D eigenvalue weighted by Crippen LogP contribution is 2.22. The second-order valence-electron chi connectivity index (χ2n) is 5.68. The quantitative estimate of drug-likeness (QED) is 0.761. The van der Waals surface area contributed by atoms with Crippen LogP contribution in [0.5, 0.6) is 0 Å². The normalized spacial score (nSPS) is 10.3. The maximum absolute atomic E-state index is 12.3. The molecule has 3 rings (SSSR count). The van der Waals surface area contributed by atoms with Gasteiger partial charge < -0.3 is 10.2 Å². The smallest absolute Gasteiger partial charge is 0.276 e. The molecule has 0 saturated heterocycles. The monoisotopic (exact) mass is 332 g/mol. The van der Waals surface area contributed by atoms with Crippen LogP contribution in [0.15, 0.2) is 66.7 Å². The van der Waals surface area contributed by atoms with E-state index in [0.717, 1.165) is 23.5 Å². The van der Waals surface area contributed by atoms with Gasteiger partial charge in [-0.05, 0) is 55.8 Å². The third-order valence-corrected chi connectivity index (χ3v) is 3.82. The molecule has 3 aromatic rings. The molecular weight excluding hydrogens is 312 g/mol. The molecule has 0 atom stereocenters. The van der Waals surface area contributed by atoms with Crippen LogP contribution in [-0.4, -0.2) is 22.6 Å². The van der Waals surface area contributed by atoms with Crippen molar-refractivity contribution in [1.82, 2.24) is 10.2 Å². The third kappa shape index (κ3) is 4.01. The molecule has 0 fully saturated rings. The molecule has 0 aliphatic rings. The minimum absolute atomic E-state index is 0.271. The van der Waals surface area contributed by atoms with E-state index >= 15 is 0 Å². The lowest BCUT2D eigenvalue weighted by atomic mass is 10.2. The number of aryl methyl sites for hydroxylation is 1. The van der Waals surface area contributed by atoms with Crippen LogP contribution >= 0.6 is 0 Å². The van der Waals surface area contributed by atoms with E-state index < -0.39 is 0 Å². The Morgan fingerprint density at radius 3 is 2.44 bits per heavy atom. The summed E-state index contributed by atoms with van der Waals surface area (Å²) in [5, 5.41) is 11.1. The predicted molar refractivity (Wildman–Crippen MR) is 100 cm³/mol. The van der Waals surface area contributed by atoms with Crippen molar-refractivity contribution in [3.63, 3.8) is 0 Å². The number of aromatic nitrogens is 2. The first-order chi connectivity index (χ1) is 12.2. The molecule has 25 heavy (non-hydrogen) atoms. The highest BCUT2D eigenvalue weighted by atomic mass is 16.1. The van der Waals surface area contributed by atoms with E-state index in [4.69, 9.17) is 0 Å². The van der Waals surface area contributed by atoms with Crippen molar-refractivity contribution in [1.29, 1.82) is 0 Å². The fraction of sp³-hybridized carbons (Fsp3) is 0.150. The number of nitrogens with zero attached hydrogens (tertiary/aromatic N) is 3. The van der Waals surface area contributed by atoms with Crippen LogP contribution in [0.2, 0.25) is 0 Å². The van der Waals surface area contributed by atoms with E-state index in [9.17, 15) is 4.79 Å². The number of amides is 1. The Bertz CT molecular complexity index is 847. The van der Waals surface area contributed by atoms with Gasteiger partial charge in [0.25, 0.3) is 5.91 Å². The first-order valence-corrected chi connectivity index (χ1v) is 8.21. The maximum Gasteiger partial charge on any atom is 0.276 e. The van der Waals surface area contributed by atoms with Gasteiger partial charge in [-0.25, -0.2) is 0 Å². The summed E-state index contributed by atoms with van der Waals surface area (Å²) in [5.74, 6) is 0.438. The summed E-state index contributed by atoms with van der Waals surface area (Å²) in [4.78, 5) is 14.4. The third-order valence-electron chi connectivity index (χ3n) is 3.82. The number of nitrogens with one attached hydrogen (secondary N) is 1. The molecule has 2 aromatic carbocycles. The fourth-order valence-electron chi connectivity index (χ4n) is 2.59. The zero-order valence-electron chi connectivity index (χ0n) is 14.3. The summed E-state index contributed by atoms with van der Waals surface area (Å²) < 4.78 is 0. The first kappa shape index (κ1) is 16.6. The molecule has 0 bridgehead atoms. The minimum atomic E-state index is -0.271. The van der Waals surface area contributed by atoms with Crippen molar-refractivity contribution in [2.24, 2.45) is 0 Å². The maximum atomic E-state index is 12.3. The van der Waals surface area contributed by atoms with Crippen LogP contribution in [0.25, 0.3) is 0 Å². The van der Waals surface area contributed by atoms with Crippen molar-refractivity contribution in [3.8, 4) is 0 Å². The van der Waals surface area contributed by atoms with Gasteiger partial charge in [-0.15, -0.1) is 10.2 Å². The molecule has 1 amide bonds. The molecule has 5 heteroatoms. The van der Waals surface area contributed by atoms with E-state index in [1.807, 2.05) is 79.4 Å². The number of rotatable bonds is 5. The Kier molecular flexibility index (Phi) is 5.04. The summed E-state index contributed by atoms with van der Waals surface area (Å²) in [5.41, 5.74) is 3.15. The van der Waals surface area contributed by atoms with Gasteiger partial charge in [0, 0.05) is 17.9 Å². The molecule has 1 N–H and O–H groups in total. The summed E-state index contributed by atoms with van der Waals surface area (Å²) in [6.45, 7) is 4.79. The number of hydrogen-bond donors (Lipinski definition) is 1. The van der Waals surface area contributed by atoms with Gasteiger partial charge in [0.15, 0.2) is 11.5 Å². The number of hydrogen-bond acceptors (Lipinski definition) is 4. The molecule has 0 saturated carbocycles. The standard InChI is InChI=1S/C20H20N4O/c1-3-24(17-10-5-4-6-11-17)19-13-12-18(22-23-19)20(25)21-16-9-7-8-15(2)14-16/h4-14H,3H2,1-2H3,(H,21,25). The van der Waals surface area contributed by atoms with Crippen LogP contribution in [0.1, 0.15) is 23.0 Å². The lowest BCUT2D eigenvalue weighted by molar-refractivity contribution is 0.102. The van der Waals surface area contributed by atoms with Crippen LogP contribution in [0.4, 0.5) is 17.2 Å². The number of benzene rings is 2. The van der Waals surface area contributed by atoms with Crippen LogP contribution < -0.4 is 10.2 Å². The number of carbonyl (C=O) groups is 1. The van der Waals surface area contributed by atoms with E-state index in [0.29, 0.717) is 5.82 Å². The first-order valence-electron chi connectivity index (χ1n) is 8.21. The summed E-state index contributed by atoms with van der Waals surface area (Å²) in [6.07, 6.45) is 0. The van der Waals surface area contributed by atoms with Crippen LogP contribution in [-0.2, 0) is 0 Å². The summed E-state index contributed by atoms with van der Waals surface area (Å²) >= 11 is 0. The van der Waals surface area contributed by atoms with Gasteiger partial charge >= 0.3 is 0 Å². The van der Waals surface area contributed by atoms with Crippen molar-refractivity contribution in [2.75, 3.05) is 16.8 Å². The van der Waals surface area contributed by atoms with Gasteiger partial charge in [-0.2, -0.15) is 0 Å². The van der Waals surface area contributed by atoms with Gasteiger partial charge in [0.05, 0.1) is 0 Å². The molecular formula is C20H20N4O. The highest BCUT2D eigenvalue weighted by molar-refractivity contribution is 6.02. The average molecular weight is 332 g/mol. The Labute approximate surface area is 147 Å². The Hall–Kier alpha value is -3.21. The Balaban J connectivity index is 1.76. The zero-order valence-corrected chi connectivity index (χ0v) is 14.3. The van der Waals surface area contributed by atoms with E-state index in [1.54, 1.807) is 6.07 Å². The molecule has 5 nitrogen and oxygen atoms in total. The second-order valence-corrected chi connectivity index (χ2v) is 5.68. The van der Waals surface area contributed by atoms with E-state index in [1.165, 1.54) is 0 Å². The SMILES string of the molecule is CCN(c1ccccc1)c1ccc(C(=O)Nc2cccc(C)c2)nn1. The number of para-hydroxylation sites is 1. The topological polar surface area (TPSA) is 58.1 Å². The predicted octanol–water partition coefficient (Wildman–Crippen LogP) is 4.20.